The van der Waals surface area contributed by atoms with Crippen molar-refractivity contribution >= 4 is 23.2 Å². The molecule has 4 heteroatoms. The second-order valence-electron chi connectivity index (χ2n) is 6.14. The number of benzene rings is 1. The molecule has 2 aliphatic rings. The van der Waals surface area contributed by atoms with Crippen molar-refractivity contribution in [2.24, 2.45) is 5.92 Å². The third-order valence-electron chi connectivity index (χ3n) is 4.55. The molecule has 1 fully saturated rings. The number of ether oxygens (including phenoxy) is 1. The van der Waals surface area contributed by atoms with Crippen LogP contribution in [0.5, 0.6) is 5.75 Å². The van der Waals surface area contributed by atoms with Gasteiger partial charge in [-0.2, -0.15) is 0 Å². The highest BCUT2D eigenvalue weighted by Crippen LogP contribution is 2.36. The average Bonchev–Trinajstić information content (AvgIpc) is 2.53. The van der Waals surface area contributed by atoms with Crippen LogP contribution in [0.2, 0.25) is 0 Å². The third kappa shape index (κ3) is 3.70. The summed E-state index contributed by atoms with van der Waals surface area (Å²) in [6, 6.07) is 5.86. The number of hydrogen-bond donors (Lipinski definition) is 1. The molecule has 21 heavy (non-hydrogen) atoms. The first-order valence-corrected chi connectivity index (χ1v) is 8.36. The van der Waals surface area contributed by atoms with Crippen molar-refractivity contribution in [1.29, 1.82) is 0 Å². The van der Waals surface area contributed by atoms with E-state index in [1.807, 2.05) is 18.2 Å². The van der Waals surface area contributed by atoms with Gasteiger partial charge in [-0.3, -0.25) is 4.79 Å². The zero-order valence-corrected chi connectivity index (χ0v) is 13.0. The molecule has 1 aromatic carbocycles. The number of fused-ring (bicyclic) bond motifs is 1. The van der Waals surface area contributed by atoms with Crippen molar-refractivity contribution in [2.45, 2.75) is 50.3 Å². The summed E-state index contributed by atoms with van der Waals surface area (Å²) in [6.07, 6.45) is 9.06. The highest BCUT2D eigenvalue weighted by molar-refractivity contribution is 6.20. The van der Waals surface area contributed by atoms with E-state index >= 15 is 0 Å². The Kier molecular flexibility index (Phi) is 4.69. The number of carbonyl (C=O) groups excluding carboxylic acids is 1. The highest BCUT2D eigenvalue weighted by atomic mass is 35.5. The van der Waals surface area contributed by atoms with Crippen LogP contribution >= 0.6 is 11.6 Å². The molecule has 0 spiro atoms. The zero-order valence-electron chi connectivity index (χ0n) is 12.2. The Bertz CT molecular complexity index is 512. The molecular formula is C17H22ClNO2. The minimum atomic E-state index is -0.104. The van der Waals surface area contributed by atoms with Crippen LogP contribution in [0.25, 0.3) is 0 Å². The molecule has 114 valence electrons. The lowest BCUT2D eigenvalue weighted by atomic mass is 9.85. The normalized spacial score (nSPS) is 20.3. The summed E-state index contributed by atoms with van der Waals surface area (Å²) in [5.74, 6) is 1.48. The minimum absolute atomic E-state index is 0.0102. The number of amides is 1. The van der Waals surface area contributed by atoms with E-state index in [-0.39, 0.29) is 17.9 Å². The second kappa shape index (κ2) is 6.69. The average molecular weight is 308 g/mol. The van der Waals surface area contributed by atoms with Crippen LogP contribution in [0, 0.1) is 5.92 Å². The molecule has 1 unspecified atom stereocenters. The Hall–Kier alpha value is -1.22. The number of halogens is 1. The van der Waals surface area contributed by atoms with Crippen LogP contribution in [0.1, 0.15) is 55.9 Å². The Morgan fingerprint density at radius 2 is 2.10 bits per heavy atom. The van der Waals surface area contributed by atoms with Gasteiger partial charge in [-0.1, -0.05) is 38.2 Å². The maximum Gasteiger partial charge on any atom is 0.262 e. The van der Waals surface area contributed by atoms with Gasteiger partial charge in [0.25, 0.3) is 5.91 Å². The van der Waals surface area contributed by atoms with E-state index in [2.05, 4.69) is 5.32 Å². The Morgan fingerprint density at radius 1 is 1.29 bits per heavy atom. The van der Waals surface area contributed by atoms with Crippen LogP contribution in [0.3, 0.4) is 0 Å². The van der Waals surface area contributed by atoms with Crippen LogP contribution in [-0.4, -0.2) is 12.5 Å². The van der Waals surface area contributed by atoms with Gasteiger partial charge in [-0.25, -0.2) is 0 Å². The number of nitrogens with one attached hydrogen (secondary N) is 1. The molecule has 1 amide bonds. The fourth-order valence-corrected chi connectivity index (χ4v) is 3.58. The van der Waals surface area contributed by atoms with Crippen molar-refractivity contribution in [1.82, 2.24) is 0 Å². The highest BCUT2D eigenvalue weighted by Gasteiger charge is 2.19. The van der Waals surface area contributed by atoms with Gasteiger partial charge in [-0.15, -0.1) is 11.6 Å². The fourth-order valence-electron chi connectivity index (χ4n) is 3.32. The van der Waals surface area contributed by atoms with E-state index in [0.29, 0.717) is 0 Å². The zero-order chi connectivity index (χ0) is 14.7. The Morgan fingerprint density at radius 3 is 2.90 bits per heavy atom. The predicted molar refractivity (Wildman–Crippen MR) is 85.0 cm³/mol. The summed E-state index contributed by atoms with van der Waals surface area (Å²) in [6.45, 7) is 0.0956. The van der Waals surface area contributed by atoms with Gasteiger partial charge in [0.1, 0.15) is 5.75 Å². The van der Waals surface area contributed by atoms with Crippen LogP contribution < -0.4 is 10.1 Å². The standard InChI is InChI=1S/C17H22ClNO2/c18-14(8-6-12-4-2-1-3-5-12)13-7-9-16-15(10-13)19-17(20)11-21-16/h7,9-10,12,14H,1-6,8,11H2,(H,19,20). The maximum atomic E-state index is 11.4. The molecule has 1 N–H and O–H groups in total. The molecular weight excluding hydrogens is 286 g/mol. The lowest BCUT2D eigenvalue weighted by molar-refractivity contribution is -0.118. The molecule has 3 nitrogen and oxygen atoms in total. The second-order valence-corrected chi connectivity index (χ2v) is 6.67. The van der Waals surface area contributed by atoms with Crippen LogP contribution in [0.15, 0.2) is 18.2 Å². The van der Waals surface area contributed by atoms with E-state index in [1.54, 1.807) is 0 Å². The summed E-state index contributed by atoms with van der Waals surface area (Å²) in [4.78, 5) is 11.4. The van der Waals surface area contributed by atoms with E-state index in [4.69, 9.17) is 16.3 Å². The number of hydrogen-bond acceptors (Lipinski definition) is 2. The minimum Gasteiger partial charge on any atom is -0.482 e. The Labute approximate surface area is 131 Å². The topological polar surface area (TPSA) is 38.3 Å². The first kappa shape index (κ1) is 14.7. The molecule has 1 aliphatic heterocycles. The molecule has 0 aromatic heterocycles. The molecule has 1 aliphatic carbocycles. The van der Waals surface area contributed by atoms with Gasteiger partial charge in [0.05, 0.1) is 11.1 Å². The largest absolute Gasteiger partial charge is 0.482 e. The molecule has 0 radical (unpaired) electrons. The molecule has 1 atom stereocenters. The first-order chi connectivity index (χ1) is 10.2. The van der Waals surface area contributed by atoms with Crippen molar-refractivity contribution in [3.8, 4) is 5.75 Å². The lowest BCUT2D eigenvalue weighted by Crippen LogP contribution is -2.25. The summed E-state index contributed by atoms with van der Waals surface area (Å²) in [5, 5.41) is 2.85. The molecule has 0 saturated heterocycles. The SMILES string of the molecule is O=C1COc2ccc(C(Cl)CCC3CCCCC3)cc2N1. The maximum absolute atomic E-state index is 11.4. The molecule has 1 saturated carbocycles. The van der Waals surface area contributed by atoms with Gasteiger partial charge in [0, 0.05) is 0 Å². The van der Waals surface area contributed by atoms with E-state index in [0.717, 1.165) is 29.3 Å². The number of carbonyl (C=O) groups is 1. The molecule has 1 aromatic rings. The fraction of sp³-hybridized carbons (Fsp3) is 0.588. The quantitative estimate of drug-likeness (QED) is 0.822. The van der Waals surface area contributed by atoms with Crippen LogP contribution in [-0.2, 0) is 4.79 Å². The van der Waals surface area contributed by atoms with Gasteiger partial charge in [0.2, 0.25) is 0 Å². The predicted octanol–water partition coefficient (Wildman–Crippen LogP) is 4.66. The third-order valence-corrected chi connectivity index (χ3v) is 5.02. The molecule has 1 heterocycles. The number of rotatable bonds is 4. The summed E-state index contributed by atoms with van der Waals surface area (Å²) in [7, 11) is 0. The lowest BCUT2D eigenvalue weighted by Gasteiger charge is -2.23. The monoisotopic (exact) mass is 307 g/mol. The van der Waals surface area contributed by atoms with E-state index in [9.17, 15) is 4.79 Å². The summed E-state index contributed by atoms with van der Waals surface area (Å²) >= 11 is 6.55. The Balaban J connectivity index is 1.60. The van der Waals surface area contributed by atoms with Crippen molar-refractivity contribution in [3.05, 3.63) is 23.8 Å². The summed E-state index contributed by atoms with van der Waals surface area (Å²) in [5.41, 5.74) is 1.81. The van der Waals surface area contributed by atoms with Gasteiger partial charge in [0.15, 0.2) is 6.61 Å². The van der Waals surface area contributed by atoms with Crippen molar-refractivity contribution in [3.63, 3.8) is 0 Å². The smallest absolute Gasteiger partial charge is 0.262 e. The van der Waals surface area contributed by atoms with Crippen LogP contribution in [0.4, 0.5) is 5.69 Å². The molecule has 3 rings (SSSR count). The van der Waals surface area contributed by atoms with Gasteiger partial charge in [-0.05, 0) is 36.5 Å². The van der Waals surface area contributed by atoms with E-state index in [1.165, 1.54) is 38.5 Å². The summed E-state index contributed by atoms with van der Waals surface area (Å²) < 4.78 is 5.37. The first-order valence-electron chi connectivity index (χ1n) is 7.93. The van der Waals surface area contributed by atoms with Gasteiger partial charge >= 0.3 is 0 Å². The van der Waals surface area contributed by atoms with Gasteiger partial charge < -0.3 is 10.1 Å². The number of alkyl halides is 1. The van der Waals surface area contributed by atoms with Crippen molar-refractivity contribution in [2.75, 3.05) is 11.9 Å². The van der Waals surface area contributed by atoms with E-state index < -0.39 is 0 Å². The number of anilines is 1. The van der Waals surface area contributed by atoms with Crippen molar-refractivity contribution < 1.29 is 9.53 Å². The molecule has 0 bridgehead atoms.